The van der Waals surface area contributed by atoms with Gasteiger partial charge < -0.3 is 0 Å². The van der Waals surface area contributed by atoms with Crippen LogP contribution in [0.2, 0.25) is 5.02 Å². The summed E-state index contributed by atoms with van der Waals surface area (Å²) >= 11 is 7.53. The summed E-state index contributed by atoms with van der Waals surface area (Å²) < 4.78 is 0. The van der Waals surface area contributed by atoms with E-state index in [9.17, 15) is 0 Å². The Balaban J connectivity index is 2.83. The van der Waals surface area contributed by atoms with Crippen LogP contribution >= 0.6 is 22.9 Å². The molecule has 0 spiro atoms. The quantitative estimate of drug-likeness (QED) is 0.532. The summed E-state index contributed by atoms with van der Waals surface area (Å²) in [6.07, 6.45) is 0. The van der Waals surface area contributed by atoms with Crippen molar-refractivity contribution >= 4 is 22.9 Å². The predicted octanol–water partition coefficient (Wildman–Crippen LogP) is 1.67. The molecule has 0 aliphatic rings. The maximum absolute atomic E-state index is 5.90. The van der Waals surface area contributed by atoms with Crippen LogP contribution in [0.3, 0.4) is 0 Å². The molecule has 0 amide bonds. The molecule has 0 bridgehead atoms. The van der Waals surface area contributed by atoms with Crippen molar-refractivity contribution in [3.63, 3.8) is 0 Å². The minimum atomic E-state index is 0.650. The number of halogens is 1. The molecule has 0 saturated carbocycles. The van der Waals surface area contributed by atoms with Gasteiger partial charge in [-0.05, 0) is 17.9 Å². The topological polar surface area (TPSA) is 38.0 Å². The van der Waals surface area contributed by atoms with Gasteiger partial charge in [0.15, 0.2) is 0 Å². The monoisotopic (exact) mass is 176 g/mol. The van der Waals surface area contributed by atoms with Gasteiger partial charge in [0.25, 0.3) is 0 Å². The molecule has 2 nitrogen and oxygen atoms in total. The molecule has 3 N–H and O–H groups in total. The van der Waals surface area contributed by atoms with Crippen LogP contribution in [0.15, 0.2) is 5.38 Å². The molecular formula is C6H9ClN2S. The summed E-state index contributed by atoms with van der Waals surface area (Å²) in [5.41, 5.74) is 3.69. The summed E-state index contributed by atoms with van der Waals surface area (Å²) in [6, 6.07) is 0. The Bertz CT molecular complexity index is 222. The lowest BCUT2D eigenvalue weighted by Crippen LogP contribution is -2.20. The van der Waals surface area contributed by atoms with Crippen molar-refractivity contribution in [1.29, 1.82) is 0 Å². The van der Waals surface area contributed by atoms with Crippen molar-refractivity contribution in [2.45, 2.75) is 13.5 Å². The lowest BCUT2D eigenvalue weighted by Gasteiger charge is -1.94. The molecule has 0 aromatic carbocycles. The maximum atomic E-state index is 5.90. The fourth-order valence-corrected chi connectivity index (χ4v) is 1.88. The summed E-state index contributed by atoms with van der Waals surface area (Å²) in [6.45, 7) is 2.64. The van der Waals surface area contributed by atoms with E-state index in [1.54, 1.807) is 11.3 Å². The Morgan fingerprint density at radius 3 is 2.90 bits per heavy atom. The average Bonchev–Trinajstić information content (AvgIpc) is 2.20. The second-order valence-electron chi connectivity index (χ2n) is 2.04. The molecule has 1 heterocycles. The largest absolute Gasteiger partial charge is 0.271 e. The Labute approximate surface area is 69.0 Å². The Morgan fingerprint density at radius 2 is 2.50 bits per heavy atom. The van der Waals surface area contributed by atoms with Crippen LogP contribution in [-0.4, -0.2) is 0 Å². The fraction of sp³-hybridized carbons (Fsp3) is 0.333. The van der Waals surface area contributed by atoms with Crippen LogP contribution in [0.4, 0.5) is 0 Å². The number of rotatable bonds is 2. The zero-order valence-electron chi connectivity index (χ0n) is 5.65. The molecule has 0 fully saturated rings. The number of nitrogens with one attached hydrogen (secondary N) is 1. The van der Waals surface area contributed by atoms with Gasteiger partial charge in [-0.3, -0.25) is 11.3 Å². The average molecular weight is 177 g/mol. The number of nitrogens with two attached hydrogens (primary N) is 1. The van der Waals surface area contributed by atoms with Crippen LogP contribution in [0.5, 0.6) is 0 Å². The van der Waals surface area contributed by atoms with Crippen molar-refractivity contribution < 1.29 is 0 Å². The van der Waals surface area contributed by atoms with Gasteiger partial charge >= 0.3 is 0 Å². The van der Waals surface area contributed by atoms with Crippen molar-refractivity contribution in [3.05, 3.63) is 20.8 Å². The summed E-state index contributed by atoms with van der Waals surface area (Å²) in [4.78, 5) is 1.10. The van der Waals surface area contributed by atoms with Gasteiger partial charge in [0.05, 0.1) is 5.02 Å². The van der Waals surface area contributed by atoms with Crippen LogP contribution < -0.4 is 11.3 Å². The number of hydrazine groups is 1. The van der Waals surface area contributed by atoms with Crippen molar-refractivity contribution in [2.75, 3.05) is 0 Å². The van der Waals surface area contributed by atoms with Gasteiger partial charge in [0.1, 0.15) is 0 Å². The minimum absolute atomic E-state index is 0.650. The van der Waals surface area contributed by atoms with E-state index >= 15 is 0 Å². The molecule has 0 unspecified atom stereocenters. The molecule has 0 radical (unpaired) electrons. The van der Waals surface area contributed by atoms with E-state index in [1.165, 1.54) is 0 Å². The van der Waals surface area contributed by atoms with E-state index in [4.69, 9.17) is 17.4 Å². The summed E-state index contributed by atoms with van der Waals surface area (Å²) in [7, 11) is 0. The van der Waals surface area contributed by atoms with Crippen LogP contribution in [-0.2, 0) is 6.54 Å². The Kier molecular flexibility index (Phi) is 2.68. The highest BCUT2D eigenvalue weighted by molar-refractivity contribution is 7.10. The van der Waals surface area contributed by atoms with Crippen LogP contribution in [0.25, 0.3) is 0 Å². The van der Waals surface area contributed by atoms with Crippen LogP contribution in [0.1, 0.15) is 10.4 Å². The summed E-state index contributed by atoms with van der Waals surface area (Å²) in [5, 5.41) is 2.86. The van der Waals surface area contributed by atoms with Gasteiger partial charge in [0, 0.05) is 11.4 Å². The molecule has 1 aromatic heterocycles. The SMILES string of the molecule is Cc1csc(CNN)c1Cl. The van der Waals surface area contributed by atoms with Crippen molar-refractivity contribution in [1.82, 2.24) is 5.43 Å². The third-order valence-electron chi connectivity index (χ3n) is 1.23. The number of aryl methyl sites for hydroxylation is 1. The Hall–Kier alpha value is -0.0900. The van der Waals surface area contributed by atoms with E-state index in [2.05, 4.69) is 5.43 Å². The molecule has 0 aliphatic heterocycles. The number of thiophene rings is 1. The lowest BCUT2D eigenvalue weighted by atomic mass is 10.3. The van der Waals surface area contributed by atoms with Gasteiger partial charge in [-0.25, -0.2) is 0 Å². The maximum Gasteiger partial charge on any atom is 0.0587 e. The van der Waals surface area contributed by atoms with E-state index in [0.29, 0.717) is 6.54 Å². The van der Waals surface area contributed by atoms with Gasteiger partial charge in [-0.2, -0.15) is 0 Å². The molecule has 1 aromatic rings. The molecular weight excluding hydrogens is 168 g/mol. The Morgan fingerprint density at radius 1 is 1.80 bits per heavy atom. The van der Waals surface area contributed by atoms with Crippen molar-refractivity contribution in [2.24, 2.45) is 5.84 Å². The molecule has 56 valence electrons. The number of hydrogen-bond acceptors (Lipinski definition) is 3. The zero-order chi connectivity index (χ0) is 7.56. The molecule has 1 rings (SSSR count). The zero-order valence-corrected chi connectivity index (χ0v) is 7.22. The van der Waals surface area contributed by atoms with Gasteiger partial charge in [-0.1, -0.05) is 11.6 Å². The normalized spacial score (nSPS) is 10.3. The first-order valence-electron chi connectivity index (χ1n) is 2.91. The lowest BCUT2D eigenvalue weighted by molar-refractivity contribution is 0.751. The highest BCUT2D eigenvalue weighted by atomic mass is 35.5. The van der Waals surface area contributed by atoms with E-state index in [-0.39, 0.29) is 0 Å². The molecule has 4 heteroatoms. The van der Waals surface area contributed by atoms with E-state index in [0.717, 1.165) is 15.5 Å². The highest BCUT2D eigenvalue weighted by Gasteiger charge is 2.03. The minimum Gasteiger partial charge on any atom is -0.271 e. The molecule has 10 heavy (non-hydrogen) atoms. The summed E-state index contributed by atoms with van der Waals surface area (Å²) in [5.74, 6) is 5.14. The number of hydrogen-bond donors (Lipinski definition) is 2. The van der Waals surface area contributed by atoms with Gasteiger partial charge in [-0.15, -0.1) is 11.3 Å². The van der Waals surface area contributed by atoms with Crippen molar-refractivity contribution in [3.8, 4) is 0 Å². The predicted molar refractivity (Wildman–Crippen MR) is 45.1 cm³/mol. The standard InChI is InChI=1S/C6H9ClN2S/c1-4-3-10-5(2-9-8)6(4)7/h3,9H,2,8H2,1H3. The van der Waals surface area contributed by atoms with Crippen LogP contribution in [0, 0.1) is 6.92 Å². The molecule has 0 saturated heterocycles. The second kappa shape index (κ2) is 3.34. The highest BCUT2D eigenvalue weighted by Crippen LogP contribution is 2.26. The van der Waals surface area contributed by atoms with E-state index in [1.807, 2.05) is 12.3 Å². The second-order valence-corrected chi connectivity index (χ2v) is 3.38. The van der Waals surface area contributed by atoms with Gasteiger partial charge in [0.2, 0.25) is 0 Å². The molecule has 0 atom stereocenters. The smallest absolute Gasteiger partial charge is 0.0587 e. The molecule has 0 aliphatic carbocycles. The first-order valence-corrected chi connectivity index (χ1v) is 4.17. The third-order valence-corrected chi connectivity index (χ3v) is 2.97. The third kappa shape index (κ3) is 1.49. The fourth-order valence-electron chi connectivity index (χ4n) is 0.695. The first-order chi connectivity index (χ1) is 4.75. The van der Waals surface area contributed by atoms with E-state index < -0.39 is 0 Å². The first kappa shape index (κ1) is 8.01.